The number of benzene rings is 1. The van der Waals surface area contributed by atoms with E-state index < -0.39 is 0 Å². The van der Waals surface area contributed by atoms with Crippen LogP contribution in [0.3, 0.4) is 0 Å². The molecule has 0 bridgehead atoms. The Morgan fingerprint density at radius 1 is 1.47 bits per heavy atom. The van der Waals surface area contributed by atoms with E-state index in [4.69, 9.17) is 11.2 Å². The number of halogens is 1. The van der Waals surface area contributed by atoms with Crippen LogP contribution in [0.15, 0.2) is 24.3 Å². The summed E-state index contributed by atoms with van der Waals surface area (Å²) in [4.78, 5) is 13.1. The van der Waals surface area contributed by atoms with Gasteiger partial charge in [0.15, 0.2) is 0 Å². The molecule has 0 heterocycles. The van der Waals surface area contributed by atoms with Crippen LogP contribution < -0.4 is 10.1 Å². The van der Waals surface area contributed by atoms with Gasteiger partial charge in [-0.05, 0) is 24.3 Å². The lowest BCUT2D eigenvalue weighted by atomic mass is 10.3. The Morgan fingerprint density at radius 2 is 2.16 bits per heavy atom. The normalized spacial score (nSPS) is 9.74. The first-order valence-corrected chi connectivity index (χ1v) is 5.90. The number of nitrogens with one attached hydrogen (secondary N) is 1. The highest BCUT2D eigenvalue weighted by atomic mass is 19.1. The summed E-state index contributed by atoms with van der Waals surface area (Å²) in [6.07, 6.45) is 5.06. The first kappa shape index (κ1) is 15.0. The average Bonchev–Trinajstić information content (AvgIpc) is 2.41. The summed E-state index contributed by atoms with van der Waals surface area (Å²) >= 11 is 0. The molecule has 0 atom stereocenters. The minimum Gasteiger partial charge on any atom is -0.492 e. The predicted octanol–water partition coefficient (Wildman–Crippen LogP) is 0.886. The molecule has 0 aliphatic rings. The standard InChI is InChI=1S/C14H17FN2O2/c1-3-8-16-11-14(18)17(2)9-10-19-13-6-4-12(15)5-7-13/h1,4-7,16H,8-11H2,2H3. The number of amides is 1. The van der Waals surface area contributed by atoms with E-state index in [0.717, 1.165) is 0 Å². The van der Waals surface area contributed by atoms with E-state index in [9.17, 15) is 9.18 Å². The lowest BCUT2D eigenvalue weighted by Crippen LogP contribution is -2.37. The fourth-order valence-corrected chi connectivity index (χ4v) is 1.33. The third-order valence-electron chi connectivity index (χ3n) is 2.44. The van der Waals surface area contributed by atoms with Gasteiger partial charge in [0.05, 0.1) is 19.6 Å². The lowest BCUT2D eigenvalue weighted by molar-refractivity contribution is -0.129. The van der Waals surface area contributed by atoms with Crippen molar-refractivity contribution >= 4 is 5.91 Å². The van der Waals surface area contributed by atoms with Crippen LogP contribution in [-0.2, 0) is 4.79 Å². The Labute approximate surface area is 112 Å². The minimum absolute atomic E-state index is 0.0574. The highest BCUT2D eigenvalue weighted by Crippen LogP contribution is 2.10. The number of terminal acetylenes is 1. The molecular weight excluding hydrogens is 247 g/mol. The predicted molar refractivity (Wildman–Crippen MR) is 71.2 cm³/mol. The quantitative estimate of drug-likeness (QED) is 0.587. The molecule has 0 radical (unpaired) electrons. The van der Waals surface area contributed by atoms with Crippen molar-refractivity contribution in [3.8, 4) is 18.1 Å². The van der Waals surface area contributed by atoms with Gasteiger partial charge in [0.2, 0.25) is 5.91 Å². The van der Waals surface area contributed by atoms with Crippen molar-refractivity contribution in [1.82, 2.24) is 10.2 Å². The van der Waals surface area contributed by atoms with Crippen LogP contribution in [-0.4, -0.2) is 44.1 Å². The smallest absolute Gasteiger partial charge is 0.236 e. The average molecular weight is 264 g/mol. The van der Waals surface area contributed by atoms with Crippen LogP contribution in [0.25, 0.3) is 0 Å². The van der Waals surface area contributed by atoms with Crippen LogP contribution in [0.1, 0.15) is 0 Å². The third kappa shape index (κ3) is 5.89. The number of carbonyl (C=O) groups is 1. The number of carbonyl (C=O) groups excluding carboxylic acids is 1. The van der Waals surface area contributed by atoms with E-state index in [1.165, 1.54) is 12.1 Å². The highest BCUT2D eigenvalue weighted by Gasteiger charge is 2.07. The summed E-state index contributed by atoms with van der Waals surface area (Å²) in [5, 5.41) is 2.82. The van der Waals surface area contributed by atoms with Crippen molar-refractivity contribution in [2.45, 2.75) is 0 Å². The Kier molecular flexibility index (Phi) is 6.41. The highest BCUT2D eigenvalue weighted by molar-refractivity contribution is 5.77. The molecule has 19 heavy (non-hydrogen) atoms. The summed E-state index contributed by atoms with van der Waals surface area (Å²) in [7, 11) is 1.69. The molecular formula is C14H17FN2O2. The summed E-state index contributed by atoms with van der Waals surface area (Å²) in [5.41, 5.74) is 0. The van der Waals surface area contributed by atoms with Gasteiger partial charge in [-0.15, -0.1) is 6.42 Å². The molecule has 0 spiro atoms. The summed E-state index contributed by atoms with van der Waals surface area (Å²) < 4.78 is 18.1. The molecule has 0 saturated heterocycles. The van der Waals surface area contributed by atoms with E-state index in [1.807, 2.05) is 0 Å². The van der Waals surface area contributed by atoms with Crippen LogP contribution >= 0.6 is 0 Å². The maximum absolute atomic E-state index is 12.7. The second-order valence-corrected chi connectivity index (χ2v) is 3.93. The van der Waals surface area contributed by atoms with Gasteiger partial charge in [-0.1, -0.05) is 5.92 Å². The molecule has 5 heteroatoms. The Morgan fingerprint density at radius 3 is 2.79 bits per heavy atom. The number of rotatable bonds is 7. The zero-order valence-corrected chi connectivity index (χ0v) is 10.9. The van der Waals surface area contributed by atoms with Crippen LogP contribution in [0.2, 0.25) is 0 Å². The molecule has 0 aromatic heterocycles. The van der Waals surface area contributed by atoms with Gasteiger partial charge in [0.1, 0.15) is 18.2 Å². The zero-order valence-electron chi connectivity index (χ0n) is 10.9. The first-order chi connectivity index (χ1) is 9.13. The Balaban J connectivity index is 2.23. The van der Waals surface area contributed by atoms with E-state index in [-0.39, 0.29) is 18.3 Å². The molecule has 0 aliphatic carbocycles. The maximum atomic E-state index is 12.7. The van der Waals surface area contributed by atoms with Gasteiger partial charge in [-0.3, -0.25) is 10.1 Å². The van der Waals surface area contributed by atoms with E-state index >= 15 is 0 Å². The van der Waals surface area contributed by atoms with Crippen LogP contribution in [0.5, 0.6) is 5.75 Å². The molecule has 0 saturated carbocycles. The summed E-state index contributed by atoms with van der Waals surface area (Å²) in [6.45, 7) is 1.37. The molecule has 1 N–H and O–H groups in total. The second-order valence-electron chi connectivity index (χ2n) is 3.93. The zero-order chi connectivity index (χ0) is 14.1. The van der Waals surface area contributed by atoms with Gasteiger partial charge in [0, 0.05) is 7.05 Å². The number of ether oxygens (including phenoxy) is 1. The second kappa shape index (κ2) is 8.11. The van der Waals surface area contributed by atoms with Crippen molar-refractivity contribution < 1.29 is 13.9 Å². The molecule has 0 aliphatic heterocycles. The first-order valence-electron chi connectivity index (χ1n) is 5.90. The minimum atomic E-state index is -0.306. The van der Waals surface area contributed by atoms with Crippen LogP contribution in [0, 0.1) is 18.2 Å². The van der Waals surface area contributed by atoms with E-state index in [0.29, 0.717) is 25.4 Å². The van der Waals surface area contributed by atoms with E-state index in [2.05, 4.69) is 11.2 Å². The molecule has 0 unspecified atom stereocenters. The Hall–Kier alpha value is -2.06. The van der Waals surface area contributed by atoms with E-state index in [1.54, 1.807) is 24.1 Å². The van der Waals surface area contributed by atoms with Crippen molar-refractivity contribution in [3.63, 3.8) is 0 Å². The molecule has 4 nitrogen and oxygen atoms in total. The molecule has 1 aromatic carbocycles. The van der Waals surface area contributed by atoms with Gasteiger partial charge in [-0.2, -0.15) is 0 Å². The van der Waals surface area contributed by atoms with Crippen LogP contribution in [0.4, 0.5) is 4.39 Å². The molecule has 1 aromatic rings. The summed E-state index contributed by atoms with van der Waals surface area (Å²) in [6, 6.07) is 5.75. The van der Waals surface area contributed by atoms with Crippen molar-refractivity contribution in [1.29, 1.82) is 0 Å². The number of hydrogen-bond donors (Lipinski definition) is 1. The number of nitrogens with zero attached hydrogens (tertiary/aromatic N) is 1. The molecule has 1 amide bonds. The monoisotopic (exact) mass is 264 g/mol. The molecule has 0 fully saturated rings. The lowest BCUT2D eigenvalue weighted by Gasteiger charge is -2.17. The fraction of sp³-hybridized carbons (Fsp3) is 0.357. The van der Waals surface area contributed by atoms with Crippen molar-refractivity contribution in [2.24, 2.45) is 0 Å². The fourth-order valence-electron chi connectivity index (χ4n) is 1.33. The topological polar surface area (TPSA) is 41.6 Å². The number of likely N-dealkylation sites (N-methyl/N-ethyl adjacent to an activating group) is 1. The largest absolute Gasteiger partial charge is 0.492 e. The maximum Gasteiger partial charge on any atom is 0.236 e. The molecule has 102 valence electrons. The van der Waals surface area contributed by atoms with Gasteiger partial charge < -0.3 is 9.64 Å². The van der Waals surface area contributed by atoms with Gasteiger partial charge in [0.25, 0.3) is 0 Å². The number of hydrogen-bond acceptors (Lipinski definition) is 3. The third-order valence-corrected chi connectivity index (χ3v) is 2.44. The SMILES string of the molecule is C#CCNCC(=O)N(C)CCOc1ccc(F)cc1. The van der Waals surface area contributed by atoms with Crippen molar-refractivity contribution in [2.75, 3.05) is 33.3 Å². The summed E-state index contributed by atoms with van der Waals surface area (Å²) in [5.74, 6) is 2.61. The van der Waals surface area contributed by atoms with Gasteiger partial charge >= 0.3 is 0 Å². The van der Waals surface area contributed by atoms with Crippen molar-refractivity contribution in [3.05, 3.63) is 30.1 Å². The van der Waals surface area contributed by atoms with Gasteiger partial charge in [-0.25, -0.2) is 4.39 Å². The molecule has 1 rings (SSSR count). The Bertz CT molecular complexity index is 440.